The zero-order valence-electron chi connectivity index (χ0n) is 12.1. The molecule has 0 aromatic rings. The molecule has 1 N–H and O–H groups in total. The van der Waals surface area contributed by atoms with Gasteiger partial charge in [0, 0.05) is 25.7 Å². The number of hydrogen-bond acceptors (Lipinski definition) is 4. The Morgan fingerprint density at radius 3 is 2.68 bits per heavy atom. The van der Waals surface area contributed by atoms with Gasteiger partial charge in [0.15, 0.2) is 0 Å². The van der Waals surface area contributed by atoms with Crippen LogP contribution in [0.4, 0.5) is 0 Å². The zero-order chi connectivity index (χ0) is 13.7. The second-order valence-corrected chi connectivity index (χ2v) is 5.95. The summed E-state index contributed by atoms with van der Waals surface area (Å²) in [5.74, 6) is -0.704. The predicted molar refractivity (Wildman–Crippen MR) is 75.4 cm³/mol. The van der Waals surface area contributed by atoms with Crippen molar-refractivity contribution in [2.75, 3.05) is 52.9 Å². The standard InChI is InChI=1S/C14H27N3O2/c1-15-6-2-4-13(5-9-15)17-8-3-7-16(10-11-17)12-14(18)19/h13H,2-12H2,1H3,(H,18,19). The third-order valence-corrected chi connectivity index (χ3v) is 4.42. The molecule has 5 heteroatoms. The summed E-state index contributed by atoms with van der Waals surface area (Å²) in [7, 11) is 2.21. The molecule has 0 aliphatic carbocycles. The molecular weight excluding hydrogens is 242 g/mol. The molecule has 2 aliphatic rings. The molecule has 2 fully saturated rings. The molecule has 110 valence electrons. The normalized spacial score (nSPS) is 28.8. The van der Waals surface area contributed by atoms with Crippen molar-refractivity contribution in [1.82, 2.24) is 14.7 Å². The highest BCUT2D eigenvalue weighted by molar-refractivity contribution is 5.69. The van der Waals surface area contributed by atoms with E-state index in [1.165, 1.54) is 32.4 Å². The second kappa shape index (κ2) is 7.22. The molecule has 19 heavy (non-hydrogen) atoms. The van der Waals surface area contributed by atoms with Gasteiger partial charge in [-0.25, -0.2) is 0 Å². The molecule has 0 spiro atoms. The number of likely N-dealkylation sites (tertiary alicyclic amines) is 1. The molecule has 2 saturated heterocycles. The smallest absolute Gasteiger partial charge is 0.317 e. The molecule has 0 aromatic carbocycles. The van der Waals surface area contributed by atoms with Gasteiger partial charge >= 0.3 is 5.97 Å². The van der Waals surface area contributed by atoms with E-state index in [2.05, 4.69) is 21.7 Å². The summed E-state index contributed by atoms with van der Waals surface area (Å²) < 4.78 is 0. The number of carbonyl (C=O) groups is 1. The van der Waals surface area contributed by atoms with Crippen LogP contribution in [0.5, 0.6) is 0 Å². The highest BCUT2D eigenvalue weighted by Crippen LogP contribution is 2.18. The minimum atomic E-state index is -0.704. The monoisotopic (exact) mass is 269 g/mol. The van der Waals surface area contributed by atoms with Crippen molar-refractivity contribution in [2.45, 2.75) is 31.7 Å². The summed E-state index contributed by atoms with van der Waals surface area (Å²) in [6.45, 7) is 6.59. The van der Waals surface area contributed by atoms with Gasteiger partial charge in [0.05, 0.1) is 6.54 Å². The van der Waals surface area contributed by atoms with E-state index >= 15 is 0 Å². The lowest BCUT2D eigenvalue weighted by molar-refractivity contribution is -0.138. The summed E-state index contributed by atoms with van der Waals surface area (Å²) in [6, 6.07) is 0.703. The lowest BCUT2D eigenvalue weighted by Crippen LogP contribution is -2.39. The molecule has 2 heterocycles. The fourth-order valence-corrected chi connectivity index (χ4v) is 3.29. The Morgan fingerprint density at radius 2 is 1.89 bits per heavy atom. The molecule has 5 nitrogen and oxygen atoms in total. The van der Waals surface area contributed by atoms with Crippen molar-refractivity contribution < 1.29 is 9.90 Å². The first kappa shape index (κ1) is 14.8. The van der Waals surface area contributed by atoms with E-state index in [1.54, 1.807) is 0 Å². The molecule has 2 aliphatic heterocycles. The van der Waals surface area contributed by atoms with Gasteiger partial charge in [-0.1, -0.05) is 0 Å². The van der Waals surface area contributed by atoms with Crippen LogP contribution in [0.3, 0.4) is 0 Å². The van der Waals surface area contributed by atoms with Crippen LogP contribution in [0.25, 0.3) is 0 Å². The van der Waals surface area contributed by atoms with Crippen LogP contribution in [0, 0.1) is 0 Å². The van der Waals surface area contributed by atoms with Gasteiger partial charge in [0.2, 0.25) is 0 Å². The minimum absolute atomic E-state index is 0.196. The molecule has 0 aromatic heterocycles. The molecule has 1 unspecified atom stereocenters. The van der Waals surface area contributed by atoms with E-state index in [1.807, 2.05) is 0 Å². The van der Waals surface area contributed by atoms with Gasteiger partial charge < -0.3 is 10.0 Å². The maximum absolute atomic E-state index is 10.8. The summed E-state index contributed by atoms with van der Waals surface area (Å²) >= 11 is 0. The zero-order valence-corrected chi connectivity index (χ0v) is 12.1. The number of carboxylic acid groups (broad SMARTS) is 1. The van der Waals surface area contributed by atoms with E-state index < -0.39 is 5.97 Å². The largest absolute Gasteiger partial charge is 0.480 e. The van der Waals surface area contributed by atoms with E-state index in [-0.39, 0.29) is 6.54 Å². The van der Waals surface area contributed by atoms with E-state index in [0.29, 0.717) is 6.04 Å². The van der Waals surface area contributed by atoms with Crippen LogP contribution >= 0.6 is 0 Å². The fourth-order valence-electron chi connectivity index (χ4n) is 3.29. The van der Waals surface area contributed by atoms with Crippen molar-refractivity contribution in [2.24, 2.45) is 0 Å². The Hall–Kier alpha value is -0.650. The summed E-state index contributed by atoms with van der Waals surface area (Å²) in [5, 5.41) is 8.88. The van der Waals surface area contributed by atoms with E-state index in [0.717, 1.165) is 32.6 Å². The summed E-state index contributed by atoms with van der Waals surface area (Å²) in [6.07, 6.45) is 4.94. The van der Waals surface area contributed by atoms with Gasteiger partial charge in [-0.05, 0) is 52.4 Å². The van der Waals surface area contributed by atoms with Gasteiger partial charge in [0.1, 0.15) is 0 Å². The van der Waals surface area contributed by atoms with Crippen LogP contribution in [-0.4, -0.2) is 84.7 Å². The number of rotatable bonds is 3. The highest BCUT2D eigenvalue weighted by Gasteiger charge is 2.24. The summed E-state index contributed by atoms with van der Waals surface area (Å²) in [4.78, 5) is 17.9. The third kappa shape index (κ3) is 4.75. The average molecular weight is 269 g/mol. The van der Waals surface area contributed by atoms with Crippen LogP contribution in [0.1, 0.15) is 25.7 Å². The van der Waals surface area contributed by atoms with Crippen LogP contribution in [0.2, 0.25) is 0 Å². The molecule has 1 atom stereocenters. The predicted octanol–water partition coefficient (Wildman–Crippen LogP) is 0.563. The number of hydrogen-bond donors (Lipinski definition) is 1. The number of carboxylic acids is 1. The molecule has 0 amide bonds. The fraction of sp³-hybridized carbons (Fsp3) is 0.929. The average Bonchev–Trinajstić information content (AvgIpc) is 2.69. The van der Waals surface area contributed by atoms with Crippen LogP contribution in [-0.2, 0) is 4.79 Å². The molecule has 2 rings (SSSR count). The second-order valence-electron chi connectivity index (χ2n) is 5.95. The maximum atomic E-state index is 10.8. The van der Waals surface area contributed by atoms with E-state index in [9.17, 15) is 4.79 Å². The van der Waals surface area contributed by atoms with Gasteiger partial charge in [0.25, 0.3) is 0 Å². The molecule has 0 radical (unpaired) electrons. The Labute approximate surface area is 116 Å². The Kier molecular flexibility index (Phi) is 5.60. The highest BCUT2D eigenvalue weighted by atomic mass is 16.4. The van der Waals surface area contributed by atoms with Gasteiger partial charge in [-0.15, -0.1) is 0 Å². The Morgan fingerprint density at radius 1 is 1.05 bits per heavy atom. The minimum Gasteiger partial charge on any atom is -0.480 e. The number of aliphatic carboxylic acids is 1. The topological polar surface area (TPSA) is 47.0 Å². The maximum Gasteiger partial charge on any atom is 0.317 e. The van der Waals surface area contributed by atoms with Crippen molar-refractivity contribution in [3.63, 3.8) is 0 Å². The van der Waals surface area contributed by atoms with Crippen LogP contribution < -0.4 is 0 Å². The third-order valence-electron chi connectivity index (χ3n) is 4.42. The molecular formula is C14H27N3O2. The SMILES string of the molecule is CN1CCCC(N2CCCN(CC(=O)O)CC2)CC1. The Balaban J connectivity index is 1.82. The van der Waals surface area contributed by atoms with Gasteiger partial charge in [-0.3, -0.25) is 14.6 Å². The van der Waals surface area contributed by atoms with Crippen molar-refractivity contribution >= 4 is 5.97 Å². The van der Waals surface area contributed by atoms with Crippen molar-refractivity contribution in [1.29, 1.82) is 0 Å². The summed E-state index contributed by atoms with van der Waals surface area (Å²) in [5.41, 5.74) is 0. The lowest BCUT2D eigenvalue weighted by Gasteiger charge is -2.29. The first-order valence-electron chi connectivity index (χ1n) is 7.52. The van der Waals surface area contributed by atoms with Crippen molar-refractivity contribution in [3.8, 4) is 0 Å². The quantitative estimate of drug-likeness (QED) is 0.811. The first-order valence-corrected chi connectivity index (χ1v) is 7.52. The first-order chi connectivity index (χ1) is 9.15. The lowest BCUT2D eigenvalue weighted by atomic mass is 10.1. The molecule has 0 bridgehead atoms. The molecule has 0 saturated carbocycles. The van der Waals surface area contributed by atoms with Crippen LogP contribution in [0.15, 0.2) is 0 Å². The van der Waals surface area contributed by atoms with Gasteiger partial charge in [-0.2, -0.15) is 0 Å². The van der Waals surface area contributed by atoms with Crippen molar-refractivity contribution in [3.05, 3.63) is 0 Å². The Bertz CT molecular complexity index is 298. The number of nitrogens with zero attached hydrogens (tertiary/aromatic N) is 3. The van der Waals surface area contributed by atoms with E-state index in [4.69, 9.17) is 5.11 Å².